The molecule has 2 aromatic carbocycles. The molecule has 6 nitrogen and oxygen atoms in total. The van der Waals surface area contributed by atoms with E-state index in [0.717, 1.165) is 34.3 Å². The molecule has 182 valence electrons. The number of ether oxygens (including phenoxy) is 1. The van der Waals surface area contributed by atoms with Crippen molar-refractivity contribution in [1.82, 2.24) is 5.32 Å². The van der Waals surface area contributed by atoms with Gasteiger partial charge >= 0.3 is 0 Å². The fourth-order valence-corrected chi connectivity index (χ4v) is 5.08. The molecular weight excluding hydrogens is 460 g/mol. The van der Waals surface area contributed by atoms with Gasteiger partial charge in [-0.05, 0) is 79.6 Å². The number of amides is 1. The van der Waals surface area contributed by atoms with Crippen molar-refractivity contribution in [1.29, 1.82) is 0 Å². The number of hydrogen-bond acceptors (Lipinski definition) is 4. The summed E-state index contributed by atoms with van der Waals surface area (Å²) in [5.74, 6) is 1.01. The molecule has 33 heavy (non-hydrogen) atoms. The highest BCUT2D eigenvalue weighted by Crippen LogP contribution is 2.32. The second kappa shape index (κ2) is 11.3. The van der Waals surface area contributed by atoms with Crippen molar-refractivity contribution in [3.63, 3.8) is 0 Å². The third kappa shape index (κ3) is 7.11. The van der Waals surface area contributed by atoms with Crippen LogP contribution in [0.15, 0.2) is 30.3 Å². The van der Waals surface area contributed by atoms with Crippen molar-refractivity contribution in [3.05, 3.63) is 57.6 Å². The minimum Gasteiger partial charge on any atom is -0.496 e. The predicted molar refractivity (Wildman–Crippen MR) is 136 cm³/mol. The van der Waals surface area contributed by atoms with Gasteiger partial charge < -0.3 is 10.1 Å². The smallest absolute Gasteiger partial charge is 0.232 e. The Hall–Kier alpha value is -2.25. The van der Waals surface area contributed by atoms with Gasteiger partial charge in [0.2, 0.25) is 15.9 Å². The van der Waals surface area contributed by atoms with Crippen molar-refractivity contribution in [3.8, 4) is 5.75 Å². The zero-order valence-electron chi connectivity index (χ0n) is 20.5. The predicted octanol–water partition coefficient (Wildman–Crippen LogP) is 5.51. The maximum atomic E-state index is 12.6. The van der Waals surface area contributed by atoms with E-state index in [4.69, 9.17) is 16.3 Å². The van der Waals surface area contributed by atoms with E-state index in [9.17, 15) is 13.2 Å². The topological polar surface area (TPSA) is 75.7 Å². The molecule has 2 rings (SSSR count). The summed E-state index contributed by atoms with van der Waals surface area (Å²) >= 11 is 6.08. The van der Waals surface area contributed by atoms with Gasteiger partial charge in [-0.2, -0.15) is 0 Å². The van der Waals surface area contributed by atoms with Crippen LogP contribution in [0.25, 0.3) is 0 Å². The maximum absolute atomic E-state index is 12.6. The normalized spacial score (nSPS) is 12.5. The SMILES string of the molecule is COc1cc(C)c(C(C)NC(=O)CCCN(c2cc(Cl)ccc2C)S(C)(=O)=O)cc1C(C)C. The molecule has 1 N–H and O–H groups in total. The molecule has 2 aromatic rings. The van der Waals surface area contributed by atoms with Crippen LogP contribution in [-0.4, -0.2) is 34.2 Å². The lowest BCUT2D eigenvalue weighted by atomic mass is 9.93. The van der Waals surface area contributed by atoms with Crippen molar-refractivity contribution in [2.24, 2.45) is 0 Å². The van der Waals surface area contributed by atoms with Crippen LogP contribution in [0.4, 0.5) is 5.69 Å². The van der Waals surface area contributed by atoms with Gasteiger partial charge in [-0.3, -0.25) is 9.10 Å². The average Bonchev–Trinajstić information content (AvgIpc) is 2.71. The summed E-state index contributed by atoms with van der Waals surface area (Å²) in [6, 6.07) is 9.07. The first-order valence-electron chi connectivity index (χ1n) is 11.1. The van der Waals surface area contributed by atoms with E-state index in [2.05, 4.69) is 25.2 Å². The van der Waals surface area contributed by atoms with Crippen LogP contribution in [0, 0.1) is 13.8 Å². The fourth-order valence-electron chi connectivity index (χ4n) is 3.90. The second-order valence-electron chi connectivity index (χ2n) is 8.76. The second-order valence-corrected chi connectivity index (χ2v) is 11.1. The van der Waals surface area contributed by atoms with Gasteiger partial charge in [-0.25, -0.2) is 8.42 Å². The molecule has 0 aliphatic heterocycles. The quantitative estimate of drug-likeness (QED) is 0.472. The highest BCUT2D eigenvalue weighted by molar-refractivity contribution is 7.92. The summed E-state index contributed by atoms with van der Waals surface area (Å²) < 4.78 is 31.6. The van der Waals surface area contributed by atoms with E-state index in [0.29, 0.717) is 23.0 Å². The first-order valence-corrected chi connectivity index (χ1v) is 13.3. The standard InChI is InChI=1S/C25H35ClN2O4S/c1-16(2)21-15-22(18(4)13-24(21)32-6)19(5)27-25(29)9-8-12-28(33(7,30)31)23-14-20(26)11-10-17(23)3/h10-11,13-16,19H,8-9,12H2,1-7H3,(H,27,29). The highest BCUT2D eigenvalue weighted by atomic mass is 35.5. The van der Waals surface area contributed by atoms with Crippen LogP contribution in [0.2, 0.25) is 5.02 Å². The van der Waals surface area contributed by atoms with Gasteiger partial charge in [0.15, 0.2) is 0 Å². The van der Waals surface area contributed by atoms with Crippen molar-refractivity contribution < 1.29 is 17.9 Å². The zero-order valence-corrected chi connectivity index (χ0v) is 22.1. The fraction of sp³-hybridized carbons (Fsp3) is 0.480. The van der Waals surface area contributed by atoms with Gasteiger partial charge in [0.1, 0.15) is 5.75 Å². The highest BCUT2D eigenvalue weighted by Gasteiger charge is 2.21. The Kier molecular flexibility index (Phi) is 9.20. The van der Waals surface area contributed by atoms with Crippen LogP contribution >= 0.6 is 11.6 Å². The number of nitrogens with one attached hydrogen (secondary N) is 1. The summed E-state index contributed by atoms with van der Waals surface area (Å²) in [6.45, 7) is 10.2. The van der Waals surface area contributed by atoms with Gasteiger partial charge in [-0.1, -0.05) is 31.5 Å². The number of carbonyl (C=O) groups excluding carboxylic acids is 1. The number of anilines is 1. The Morgan fingerprint density at radius 1 is 1.09 bits per heavy atom. The summed E-state index contributed by atoms with van der Waals surface area (Å²) in [7, 11) is -1.85. The molecule has 1 atom stereocenters. The van der Waals surface area contributed by atoms with Crippen molar-refractivity contribution >= 4 is 33.2 Å². The van der Waals surface area contributed by atoms with Gasteiger partial charge in [0.05, 0.1) is 25.1 Å². The van der Waals surface area contributed by atoms with Gasteiger partial charge in [-0.15, -0.1) is 0 Å². The lowest BCUT2D eigenvalue weighted by Gasteiger charge is -2.24. The number of sulfonamides is 1. The molecule has 1 unspecified atom stereocenters. The molecule has 0 heterocycles. The Morgan fingerprint density at radius 3 is 2.33 bits per heavy atom. The molecule has 0 saturated carbocycles. The van der Waals surface area contributed by atoms with E-state index < -0.39 is 10.0 Å². The Morgan fingerprint density at radius 2 is 1.76 bits per heavy atom. The number of rotatable bonds is 10. The zero-order chi connectivity index (χ0) is 24.9. The number of hydrogen-bond donors (Lipinski definition) is 1. The molecule has 0 saturated heterocycles. The minimum atomic E-state index is -3.52. The molecule has 0 aliphatic rings. The molecule has 0 aromatic heterocycles. The molecule has 0 radical (unpaired) electrons. The maximum Gasteiger partial charge on any atom is 0.232 e. The summed E-state index contributed by atoms with van der Waals surface area (Å²) in [4.78, 5) is 12.6. The number of benzene rings is 2. The number of methoxy groups -OCH3 is 1. The van der Waals surface area contributed by atoms with E-state index >= 15 is 0 Å². The summed E-state index contributed by atoms with van der Waals surface area (Å²) in [5, 5.41) is 3.51. The minimum absolute atomic E-state index is 0.125. The van der Waals surface area contributed by atoms with Crippen LogP contribution in [0.3, 0.4) is 0 Å². The third-order valence-corrected chi connectivity index (χ3v) is 7.10. The summed E-state index contributed by atoms with van der Waals surface area (Å²) in [5.41, 5.74) is 4.52. The number of halogens is 1. The molecule has 0 aliphatic carbocycles. The van der Waals surface area contributed by atoms with E-state index in [1.807, 2.05) is 26.8 Å². The average molecular weight is 495 g/mol. The van der Waals surface area contributed by atoms with Crippen LogP contribution in [0.5, 0.6) is 5.75 Å². The molecule has 0 fully saturated rings. The number of carbonyl (C=O) groups is 1. The van der Waals surface area contributed by atoms with Gasteiger partial charge in [0.25, 0.3) is 0 Å². The van der Waals surface area contributed by atoms with E-state index in [-0.39, 0.29) is 24.9 Å². The lowest BCUT2D eigenvalue weighted by molar-refractivity contribution is -0.121. The molecule has 1 amide bonds. The number of aryl methyl sites for hydroxylation is 2. The number of nitrogens with zero attached hydrogens (tertiary/aromatic N) is 1. The van der Waals surface area contributed by atoms with Gasteiger partial charge in [0, 0.05) is 18.0 Å². The first kappa shape index (κ1) is 27.0. The molecule has 0 bridgehead atoms. The first-order chi connectivity index (χ1) is 15.3. The molecule has 8 heteroatoms. The monoisotopic (exact) mass is 494 g/mol. The van der Waals surface area contributed by atoms with Crippen LogP contribution < -0.4 is 14.4 Å². The van der Waals surface area contributed by atoms with Crippen LogP contribution in [-0.2, 0) is 14.8 Å². The Balaban J connectivity index is 2.07. The van der Waals surface area contributed by atoms with E-state index in [1.54, 1.807) is 25.3 Å². The van der Waals surface area contributed by atoms with Crippen molar-refractivity contribution in [2.75, 3.05) is 24.2 Å². The Bertz CT molecular complexity index is 1100. The lowest BCUT2D eigenvalue weighted by Crippen LogP contribution is -2.33. The largest absolute Gasteiger partial charge is 0.496 e. The van der Waals surface area contributed by atoms with Crippen molar-refractivity contribution in [2.45, 2.75) is 59.4 Å². The molecular formula is C25H35ClN2O4S. The Labute approximate surface area is 203 Å². The summed E-state index contributed by atoms with van der Waals surface area (Å²) in [6.07, 6.45) is 1.76. The molecule has 0 spiro atoms. The van der Waals surface area contributed by atoms with E-state index in [1.165, 1.54) is 4.31 Å². The third-order valence-electron chi connectivity index (χ3n) is 5.69. The van der Waals surface area contributed by atoms with Crippen LogP contribution in [0.1, 0.15) is 67.8 Å².